The van der Waals surface area contributed by atoms with Crippen molar-refractivity contribution in [1.82, 2.24) is 4.90 Å². The van der Waals surface area contributed by atoms with Crippen LogP contribution in [0.3, 0.4) is 0 Å². The zero-order valence-corrected chi connectivity index (χ0v) is 13.5. The van der Waals surface area contributed by atoms with Crippen molar-refractivity contribution < 1.29 is 19.4 Å². The van der Waals surface area contributed by atoms with Crippen LogP contribution in [0.25, 0.3) is 0 Å². The molecule has 1 aliphatic heterocycles. The summed E-state index contributed by atoms with van der Waals surface area (Å²) in [6.45, 7) is 5.81. The second-order valence-electron chi connectivity index (χ2n) is 6.60. The maximum Gasteiger partial charge on any atom is 0.308 e. The van der Waals surface area contributed by atoms with Crippen molar-refractivity contribution in [2.45, 2.75) is 63.7 Å². The third-order valence-electron chi connectivity index (χ3n) is 4.98. The van der Waals surface area contributed by atoms with Crippen LogP contribution in [0.5, 0.6) is 0 Å². The van der Waals surface area contributed by atoms with Crippen molar-refractivity contribution in [3.8, 4) is 0 Å². The van der Waals surface area contributed by atoms with E-state index < -0.39 is 5.60 Å². The van der Waals surface area contributed by atoms with Gasteiger partial charge in [-0.15, -0.1) is 0 Å². The molecule has 2 aliphatic rings. The average Bonchev–Trinajstić information content (AvgIpc) is 2.85. The largest absolute Gasteiger partial charge is 0.466 e. The predicted molar refractivity (Wildman–Crippen MR) is 80.0 cm³/mol. The first-order chi connectivity index (χ1) is 9.95. The molecule has 0 aromatic carbocycles. The molecule has 1 heterocycles. The second kappa shape index (κ2) is 7.07. The van der Waals surface area contributed by atoms with Crippen LogP contribution in [0.1, 0.15) is 46.0 Å². The summed E-state index contributed by atoms with van der Waals surface area (Å²) >= 11 is 0. The summed E-state index contributed by atoms with van der Waals surface area (Å²) in [6.07, 6.45) is 4.04. The van der Waals surface area contributed by atoms with Gasteiger partial charge >= 0.3 is 5.97 Å². The Bertz CT molecular complexity index is 352. The van der Waals surface area contributed by atoms with Gasteiger partial charge < -0.3 is 14.6 Å². The second-order valence-corrected chi connectivity index (χ2v) is 6.60. The lowest BCUT2D eigenvalue weighted by molar-refractivity contribution is -0.151. The van der Waals surface area contributed by atoms with Gasteiger partial charge in [0.25, 0.3) is 0 Å². The molecule has 1 N–H and O–H groups in total. The number of hydrogen-bond donors (Lipinski definition) is 1. The van der Waals surface area contributed by atoms with Crippen LogP contribution >= 0.6 is 0 Å². The normalized spacial score (nSPS) is 36.9. The standard InChI is InChI=1S/C16H29NO4/c1-4-20-15(18)13-5-8-16(19,9-6-13)11-17(3)14-7-10-21-12(14)2/h12-14,19H,4-11H2,1-3H3. The zero-order chi connectivity index (χ0) is 15.5. The van der Waals surface area contributed by atoms with E-state index in [1.165, 1.54) is 0 Å². The SMILES string of the molecule is CCOC(=O)C1CCC(O)(CN(C)C2CCOC2C)CC1. The molecule has 0 spiro atoms. The molecule has 0 radical (unpaired) electrons. The van der Waals surface area contributed by atoms with Crippen molar-refractivity contribution >= 4 is 5.97 Å². The van der Waals surface area contributed by atoms with E-state index in [1.807, 2.05) is 6.92 Å². The number of carbonyl (C=O) groups excluding carboxylic acids is 1. The minimum absolute atomic E-state index is 0.0377. The van der Waals surface area contributed by atoms with Gasteiger partial charge in [0, 0.05) is 19.2 Å². The molecule has 2 rings (SSSR count). The maximum absolute atomic E-state index is 11.8. The molecule has 122 valence electrons. The van der Waals surface area contributed by atoms with Crippen LogP contribution < -0.4 is 0 Å². The van der Waals surface area contributed by atoms with Gasteiger partial charge in [-0.3, -0.25) is 9.69 Å². The van der Waals surface area contributed by atoms with Gasteiger partial charge in [-0.2, -0.15) is 0 Å². The Morgan fingerprint density at radius 1 is 1.38 bits per heavy atom. The summed E-state index contributed by atoms with van der Waals surface area (Å²) in [6, 6.07) is 0.386. The number of esters is 1. The van der Waals surface area contributed by atoms with E-state index in [0.29, 0.717) is 32.0 Å². The molecular weight excluding hydrogens is 270 g/mol. The zero-order valence-electron chi connectivity index (χ0n) is 13.5. The van der Waals surface area contributed by atoms with Crippen LogP contribution in [0.4, 0.5) is 0 Å². The Morgan fingerprint density at radius 3 is 2.57 bits per heavy atom. The minimum Gasteiger partial charge on any atom is -0.466 e. The van der Waals surface area contributed by atoms with Gasteiger partial charge in [-0.05, 0) is 53.0 Å². The monoisotopic (exact) mass is 299 g/mol. The van der Waals surface area contributed by atoms with Crippen LogP contribution in [-0.2, 0) is 14.3 Å². The molecule has 2 fully saturated rings. The van der Waals surface area contributed by atoms with Crippen molar-refractivity contribution in [3.63, 3.8) is 0 Å². The molecule has 1 saturated carbocycles. The molecule has 0 bridgehead atoms. The fraction of sp³-hybridized carbons (Fsp3) is 0.938. The Morgan fingerprint density at radius 2 is 2.05 bits per heavy atom. The lowest BCUT2D eigenvalue weighted by atomic mass is 9.78. The first-order valence-corrected chi connectivity index (χ1v) is 8.16. The summed E-state index contributed by atoms with van der Waals surface area (Å²) in [5, 5.41) is 10.8. The lowest BCUT2D eigenvalue weighted by Crippen LogP contribution is -2.49. The highest BCUT2D eigenvalue weighted by atomic mass is 16.5. The molecule has 5 heteroatoms. The van der Waals surface area contributed by atoms with Crippen molar-refractivity contribution in [3.05, 3.63) is 0 Å². The maximum atomic E-state index is 11.8. The molecule has 2 atom stereocenters. The molecule has 0 aromatic heterocycles. The molecule has 1 saturated heterocycles. The van der Waals surface area contributed by atoms with Gasteiger partial charge in [0.05, 0.1) is 24.2 Å². The molecule has 21 heavy (non-hydrogen) atoms. The smallest absolute Gasteiger partial charge is 0.308 e. The summed E-state index contributed by atoms with van der Waals surface area (Å²) in [7, 11) is 2.06. The van der Waals surface area contributed by atoms with E-state index in [-0.39, 0.29) is 18.0 Å². The van der Waals surface area contributed by atoms with Gasteiger partial charge in [0.2, 0.25) is 0 Å². The molecule has 0 amide bonds. The Labute approximate surface area is 127 Å². The van der Waals surface area contributed by atoms with E-state index in [4.69, 9.17) is 9.47 Å². The van der Waals surface area contributed by atoms with Gasteiger partial charge in [0.1, 0.15) is 0 Å². The summed E-state index contributed by atoms with van der Waals surface area (Å²) < 4.78 is 10.7. The third-order valence-corrected chi connectivity index (χ3v) is 4.98. The first-order valence-electron chi connectivity index (χ1n) is 8.16. The van der Waals surface area contributed by atoms with Crippen LogP contribution in [0, 0.1) is 5.92 Å². The van der Waals surface area contributed by atoms with Gasteiger partial charge in [-0.1, -0.05) is 0 Å². The molecular formula is C16H29NO4. The van der Waals surface area contributed by atoms with Crippen LogP contribution in [-0.4, -0.2) is 60.5 Å². The Balaban J connectivity index is 1.83. The fourth-order valence-electron chi connectivity index (χ4n) is 3.69. The summed E-state index contributed by atoms with van der Waals surface area (Å²) in [5.74, 6) is -0.144. The highest BCUT2D eigenvalue weighted by Crippen LogP contribution is 2.34. The number of carbonyl (C=O) groups is 1. The third kappa shape index (κ3) is 4.18. The topological polar surface area (TPSA) is 59.0 Å². The molecule has 5 nitrogen and oxygen atoms in total. The molecule has 1 aliphatic carbocycles. The van der Waals surface area contributed by atoms with Crippen LogP contribution in [0.2, 0.25) is 0 Å². The van der Waals surface area contributed by atoms with E-state index in [1.54, 1.807) is 0 Å². The average molecular weight is 299 g/mol. The number of hydrogen-bond acceptors (Lipinski definition) is 5. The van der Waals surface area contributed by atoms with Gasteiger partial charge in [-0.25, -0.2) is 0 Å². The van der Waals surface area contributed by atoms with E-state index in [2.05, 4.69) is 18.9 Å². The highest BCUT2D eigenvalue weighted by Gasteiger charge is 2.39. The van der Waals surface area contributed by atoms with E-state index >= 15 is 0 Å². The van der Waals surface area contributed by atoms with Crippen molar-refractivity contribution in [1.29, 1.82) is 0 Å². The minimum atomic E-state index is -0.681. The number of ether oxygens (including phenoxy) is 2. The summed E-state index contributed by atoms with van der Waals surface area (Å²) in [4.78, 5) is 14.0. The van der Waals surface area contributed by atoms with E-state index in [9.17, 15) is 9.90 Å². The molecule has 0 aromatic rings. The number of aliphatic hydroxyl groups is 1. The van der Waals surface area contributed by atoms with E-state index in [0.717, 1.165) is 25.9 Å². The fourth-order valence-corrected chi connectivity index (χ4v) is 3.69. The number of rotatable bonds is 5. The Kier molecular flexibility index (Phi) is 5.63. The van der Waals surface area contributed by atoms with Gasteiger partial charge in [0.15, 0.2) is 0 Å². The van der Waals surface area contributed by atoms with Crippen molar-refractivity contribution in [2.75, 3.05) is 26.8 Å². The predicted octanol–water partition coefficient (Wildman–Crippen LogP) is 1.58. The lowest BCUT2D eigenvalue weighted by Gasteiger charge is -2.40. The quantitative estimate of drug-likeness (QED) is 0.781. The number of likely N-dealkylation sites (N-methyl/N-ethyl adjacent to an activating group) is 1. The summed E-state index contributed by atoms with van der Waals surface area (Å²) in [5.41, 5.74) is -0.681. The Hall–Kier alpha value is -0.650. The number of nitrogens with zero attached hydrogens (tertiary/aromatic N) is 1. The van der Waals surface area contributed by atoms with Crippen molar-refractivity contribution in [2.24, 2.45) is 5.92 Å². The first kappa shape index (κ1) is 16.7. The highest BCUT2D eigenvalue weighted by molar-refractivity contribution is 5.72. The van der Waals surface area contributed by atoms with Crippen LogP contribution in [0.15, 0.2) is 0 Å². The molecule has 2 unspecified atom stereocenters.